The average molecular weight is 602 g/mol. The van der Waals surface area contributed by atoms with Gasteiger partial charge in [0.15, 0.2) is 6.10 Å². The number of ether oxygens (including phenoxy) is 2. The van der Waals surface area contributed by atoms with E-state index in [0.29, 0.717) is 24.7 Å². The van der Waals surface area contributed by atoms with Crippen LogP contribution in [0.15, 0.2) is 0 Å². The number of hydrogen-bond donors (Lipinski definition) is 1. The third-order valence-electron chi connectivity index (χ3n) is 10.8. The molecule has 0 aromatic carbocycles. The molecule has 2 amide bonds. The van der Waals surface area contributed by atoms with Crippen molar-refractivity contribution < 1.29 is 50.4 Å². The van der Waals surface area contributed by atoms with E-state index in [1.165, 1.54) is 0 Å². The lowest BCUT2D eigenvalue weighted by Crippen LogP contribution is -2.55. The summed E-state index contributed by atoms with van der Waals surface area (Å²) in [5.74, 6) is -5.06. The first-order chi connectivity index (χ1) is 18.9. The summed E-state index contributed by atoms with van der Waals surface area (Å²) in [5.41, 5.74) is -1.60. The number of amides is 2. The highest BCUT2D eigenvalue weighted by Crippen LogP contribution is 2.63. The van der Waals surface area contributed by atoms with E-state index < -0.39 is 85.9 Å². The normalized spacial score (nSPS) is 41.6. The number of likely N-dealkylation sites (tertiary alicyclic amines) is 1. The van der Waals surface area contributed by atoms with Gasteiger partial charge in [-0.15, -0.1) is 0 Å². The van der Waals surface area contributed by atoms with Crippen LogP contribution in [-0.4, -0.2) is 65.1 Å². The van der Waals surface area contributed by atoms with Crippen molar-refractivity contribution in [1.82, 2.24) is 4.90 Å². The van der Waals surface area contributed by atoms with Crippen LogP contribution in [0.25, 0.3) is 0 Å². The van der Waals surface area contributed by atoms with Crippen LogP contribution in [0.5, 0.6) is 0 Å². The first-order valence-electron chi connectivity index (χ1n) is 14.5. The minimum Gasteiger partial charge on any atom is -0.459 e. The summed E-state index contributed by atoms with van der Waals surface area (Å²) in [4.78, 5) is 55.6. The van der Waals surface area contributed by atoms with Gasteiger partial charge in [-0.2, -0.15) is 17.2 Å². The zero-order valence-electron chi connectivity index (χ0n) is 23.5. The standard InChI is InChI=1S/C28H37F2NO9S/c1-12(28(29,30)41(36,37)38)39-23(33)19-17-8-16-18(19)22(32)31(24(34)26(2,3)4)20(16)21(17)40-25(35)27-9-13-5-14(10-27)7-15(6-13)11-27/h12-21H,5-11H2,1-4H3,(H,36,37,38). The molecule has 1 N–H and O–H groups in total. The molecule has 1 saturated heterocycles. The van der Waals surface area contributed by atoms with E-state index in [4.69, 9.17) is 14.0 Å². The Bertz CT molecular complexity index is 1270. The molecule has 7 unspecified atom stereocenters. The van der Waals surface area contributed by atoms with E-state index in [-0.39, 0.29) is 12.4 Å². The second-order valence-electron chi connectivity index (χ2n) is 14.6. The summed E-state index contributed by atoms with van der Waals surface area (Å²) < 4.78 is 70.9. The first kappa shape index (κ1) is 28.9. The second-order valence-corrected chi connectivity index (χ2v) is 16.0. The van der Waals surface area contributed by atoms with Gasteiger partial charge in [-0.05, 0) is 75.5 Å². The zero-order valence-corrected chi connectivity index (χ0v) is 24.4. The second kappa shape index (κ2) is 8.93. The van der Waals surface area contributed by atoms with E-state index in [1.54, 1.807) is 20.8 Å². The van der Waals surface area contributed by atoms with E-state index in [0.717, 1.165) is 43.4 Å². The van der Waals surface area contributed by atoms with Crippen molar-refractivity contribution in [2.75, 3.05) is 0 Å². The van der Waals surface area contributed by atoms with Crippen molar-refractivity contribution >= 4 is 33.9 Å². The van der Waals surface area contributed by atoms with Gasteiger partial charge in [0.2, 0.25) is 11.8 Å². The molecule has 6 saturated carbocycles. The van der Waals surface area contributed by atoms with Gasteiger partial charge in [-0.25, -0.2) is 0 Å². The van der Waals surface area contributed by atoms with Crippen molar-refractivity contribution in [1.29, 1.82) is 0 Å². The van der Waals surface area contributed by atoms with Crippen molar-refractivity contribution in [2.24, 2.45) is 52.3 Å². The number of halogens is 2. The molecule has 0 spiro atoms. The molecule has 13 heteroatoms. The summed E-state index contributed by atoms with van der Waals surface area (Å²) in [6, 6.07) is -0.775. The van der Waals surface area contributed by atoms with Gasteiger partial charge < -0.3 is 9.47 Å². The molecule has 7 rings (SSSR count). The monoisotopic (exact) mass is 601 g/mol. The quantitative estimate of drug-likeness (QED) is 0.358. The van der Waals surface area contributed by atoms with E-state index in [2.05, 4.69) is 0 Å². The molecule has 7 atom stereocenters. The molecular formula is C28H37F2NO9S. The highest BCUT2D eigenvalue weighted by molar-refractivity contribution is 7.86. The van der Waals surface area contributed by atoms with Crippen LogP contribution in [0.2, 0.25) is 0 Å². The van der Waals surface area contributed by atoms with E-state index in [9.17, 15) is 36.4 Å². The van der Waals surface area contributed by atoms with Crippen LogP contribution in [0.4, 0.5) is 8.78 Å². The first-order valence-corrected chi connectivity index (χ1v) is 15.9. The summed E-state index contributed by atoms with van der Waals surface area (Å²) in [6.45, 7) is 5.59. The lowest BCUT2D eigenvalue weighted by atomic mass is 9.49. The molecule has 0 aromatic heterocycles. The van der Waals surface area contributed by atoms with Crippen molar-refractivity contribution in [3.8, 4) is 0 Å². The zero-order chi connectivity index (χ0) is 30.0. The van der Waals surface area contributed by atoms with Crippen molar-refractivity contribution in [3.05, 3.63) is 0 Å². The Balaban J connectivity index is 1.31. The Morgan fingerprint density at radius 3 is 2.02 bits per heavy atom. The maximum absolute atomic E-state index is 14.2. The third-order valence-corrected chi connectivity index (χ3v) is 11.8. The average Bonchev–Trinajstić information content (AvgIpc) is 3.44. The molecule has 7 fully saturated rings. The summed E-state index contributed by atoms with van der Waals surface area (Å²) in [6.07, 6.45) is 2.18. The molecule has 0 aromatic rings. The Labute approximate surface area is 237 Å². The lowest BCUT2D eigenvalue weighted by Gasteiger charge is -2.55. The Hall–Kier alpha value is -2.15. The number of rotatable bonds is 6. The molecule has 228 valence electrons. The molecular weight excluding hydrogens is 564 g/mol. The molecule has 0 radical (unpaired) electrons. The Morgan fingerprint density at radius 2 is 1.54 bits per heavy atom. The number of imide groups is 1. The fourth-order valence-electron chi connectivity index (χ4n) is 9.53. The van der Waals surface area contributed by atoms with Crippen LogP contribution in [0.3, 0.4) is 0 Å². The summed E-state index contributed by atoms with van der Waals surface area (Å²) in [7, 11) is -5.89. The minimum atomic E-state index is -5.89. The van der Waals surface area contributed by atoms with Gasteiger partial charge in [0.1, 0.15) is 6.10 Å². The number of alkyl halides is 2. The molecule has 6 aliphatic carbocycles. The van der Waals surface area contributed by atoms with Crippen molar-refractivity contribution in [3.63, 3.8) is 0 Å². The van der Waals surface area contributed by atoms with Crippen LogP contribution < -0.4 is 0 Å². The van der Waals surface area contributed by atoms with E-state index >= 15 is 0 Å². The van der Waals surface area contributed by atoms with Gasteiger partial charge in [-0.3, -0.25) is 28.6 Å². The number of hydrogen-bond acceptors (Lipinski definition) is 8. The maximum atomic E-state index is 14.2. The largest absolute Gasteiger partial charge is 0.459 e. The Morgan fingerprint density at radius 1 is 1.00 bits per heavy atom. The fourth-order valence-corrected chi connectivity index (χ4v) is 9.99. The van der Waals surface area contributed by atoms with Gasteiger partial charge in [0.05, 0.1) is 23.3 Å². The topological polar surface area (TPSA) is 144 Å². The smallest absolute Gasteiger partial charge is 0.405 e. The van der Waals surface area contributed by atoms with Gasteiger partial charge in [0, 0.05) is 11.3 Å². The molecule has 1 aliphatic heterocycles. The van der Waals surface area contributed by atoms with Gasteiger partial charge in [0.25, 0.3) is 0 Å². The van der Waals surface area contributed by atoms with Crippen LogP contribution in [0.1, 0.15) is 72.6 Å². The summed E-state index contributed by atoms with van der Waals surface area (Å²) in [5, 5.41) is -4.78. The molecule has 7 aliphatic rings. The Kier molecular flexibility index (Phi) is 6.31. The fraction of sp³-hybridized carbons (Fsp3) is 0.857. The third kappa shape index (κ3) is 4.18. The molecule has 10 nitrogen and oxygen atoms in total. The number of carbonyl (C=O) groups excluding carboxylic acids is 4. The minimum absolute atomic E-state index is 0.247. The van der Waals surface area contributed by atoms with Crippen molar-refractivity contribution in [2.45, 2.75) is 96.1 Å². The molecule has 1 heterocycles. The summed E-state index contributed by atoms with van der Waals surface area (Å²) >= 11 is 0. The van der Waals surface area contributed by atoms with E-state index in [1.807, 2.05) is 0 Å². The number of nitrogens with zero attached hydrogens (tertiary/aromatic N) is 1. The highest BCUT2D eigenvalue weighted by atomic mass is 32.2. The lowest BCUT2D eigenvalue weighted by molar-refractivity contribution is -0.187. The number of fused-ring (bicyclic) bond motifs is 1. The molecule has 41 heavy (non-hydrogen) atoms. The highest BCUT2D eigenvalue weighted by Gasteiger charge is 2.73. The van der Waals surface area contributed by atoms with Gasteiger partial charge >= 0.3 is 27.3 Å². The maximum Gasteiger partial charge on any atom is 0.405 e. The SMILES string of the molecule is CC(OC(=O)C1C2CC3C1C(=O)N(C(=O)C(C)(C)C)C3C2OC(=O)C12CC3CC(CC(C3)C1)C2)C(F)(F)S(=O)(=O)O. The van der Waals surface area contributed by atoms with Crippen LogP contribution in [-0.2, 0) is 38.8 Å². The number of carbonyl (C=O) groups is 4. The van der Waals surface area contributed by atoms with Gasteiger partial charge in [-0.1, -0.05) is 20.8 Å². The molecule has 6 bridgehead atoms. The van der Waals surface area contributed by atoms with Crippen LogP contribution >= 0.6 is 0 Å². The predicted molar refractivity (Wildman–Crippen MR) is 136 cm³/mol. The number of esters is 2. The van der Waals surface area contributed by atoms with Crippen LogP contribution in [0, 0.1) is 52.3 Å². The predicted octanol–water partition coefficient (Wildman–Crippen LogP) is 3.19.